The Kier molecular flexibility index (Phi) is 8.24. The van der Waals surface area contributed by atoms with Gasteiger partial charge in [0.1, 0.15) is 18.9 Å². The molecular weight excluding hydrogens is 485 g/mol. The molecule has 0 fully saturated rings. The highest BCUT2D eigenvalue weighted by molar-refractivity contribution is 7.92. The second kappa shape index (κ2) is 10.9. The van der Waals surface area contributed by atoms with Crippen LogP contribution < -0.4 is 9.04 Å². The zero-order valence-corrected chi connectivity index (χ0v) is 20.5. The number of nitrogens with zero attached hydrogens (tertiary/aromatic N) is 1. The second-order valence-corrected chi connectivity index (χ2v) is 9.81. The van der Waals surface area contributed by atoms with E-state index in [4.69, 9.17) is 32.7 Å². The van der Waals surface area contributed by atoms with Crippen molar-refractivity contribution in [2.75, 3.05) is 17.5 Å². The van der Waals surface area contributed by atoms with Gasteiger partial charge in [0.05, 0.1) is 27.2 Å². The highest BCUT2D eigenvalue weighted by Gasteiger charge is 2.30. The Labute approximate surface area is 203 Å². The molecule has 0 aliphatic heterocycles. The zero-order valence-electron chi connectivity index (χ0n) is 18.1. The number of sulfonamides is 1. The molecule has 3 rings (SSSR count). The summed E-state index contributed by atoms with van der Waals surface area (Å²) >= 11 is 12.7. The molecule has 0 saturated carbocycles. The van der Waals surface area contributed by atoms with Crippen LogP contribution in [0.2, 0.25) is 10.0 Å². The minimum Gasteiger partial charge on any atom is -0.487 e. The number of aryl methyl sites for hydroxylation is 1. The van der Waals surface area contributed by atoms with Crippen LogP contribution in [0.5, 0.6) is 5.75 Å². The van der Waals surface area contributed by atoms with Gasteiger partial charge in [-0.15, -0.1) is 0 Å². The third-order valence-electron chi connectivity index (χ3n) is 4.69. The fraction of sp³-hybridized carbons (Fsp3) is 0.208. The molecule has 3 aromatic rings. The van der Waals surface area contributed by atoms with Gasteiger partial charge in [0.2, 0.25) is 0 Å². The standard InChI is InChI=1S/C24H23Cl2NO5S/c1-3-31-24(28)15-27(33(29,30)19-11-9-17(2)10-12-19)22-14-23(21(26)13-20(22)25)32-16-18-7-5-4-6-8-18/h4-14H,3,15-16H2,1-2H3. The Morgan fingerprint density at radius 2 is 1.64 bits per heavy atom. The lowest BCUT2D eigenvalue weighted by atomic mass is 10.2. The van der Waals surface area contributed by atoms with E-state index in [1.807, 2.05) is 37.3 Å². The Balaban J connectivity index is 2.03. The molecule has 0 radical (unpaired) electrons. The molecule has 0 spiro atoms. The molecular formula is C24H23Cl2NO5S. The third kappa shape index (κ3) is 6.19. The number of anilines is 1. The molecule has 0 bridgehead atoms. The molecule has 3 aromatic carbocycles. The number of esters is 1. The number of hydrogen-bond acceptors (Lipinski definition) is 5. The summed E-state index contributed by atoms with van der Waals surface area (Å²) in [7, 11) is -4.15. The monoisotopic (exact) mass is 507 g/mol. The fourth-order valence-electron chi connectivity index (χ4n) is 3.02. The Bertz CT molecular complexity index is 1220. The van der Waals surface area contributed by atoms with Crippen molar-refractivity contribution in [2.45, 2.75) is 25.3 Å². The highest BCUT2D eigenvalue weighted by Crippen LogP contribution is 2.39. The molecule has 0 aliphatic carbocycles. The summed E-state index contributed by atoms with van der Waals surface area (Å²) in [4.78, 5) is 12.3. The zero-order chi connectivity index (χ0) is 24.0. The number of hydrogen-bond donors (Lipinski definition) is 0. The fourth-order valence-corrected chi connectivity index (χ4v) is 5.03. The van der Waals surface area contributed by atoms with Crippen LogP contribution in [0.3, 0.4) is 0 Å². The van der Waals surface area contributed by atoms with Crippen LogP contribution >= 0.6 is 23.2 Å². The average Bonchev–Trinajstić information content (AvgIpc) is 2.78. The topological polar surface area (TPSA) is 72.9 Å². The van der Waals surface area contributed by atoms with Crippen molar-refractivity contribution >= 4 is 44.9 Å². The summed E-state index contributed by atoms with van der Waals surface area (Å²) in [6, 6.07) is 18.5. The summed E-state index contributed by atoms with van der Waals surface area (Å²) in [5, 5.41) is 0.260. The van der Waals surface area contributed by atoms with E-state index in [9.17, 15) is 13.2 Å². The minimum atomic E-state index is -4.15. The van der Waals surface area contributed by atoms with E-state index in [-0.39, 0.29) is 39.6 Å². The van der Waals surface area contributed by atoms with Gasteiger partial charge >= 0.3 is 5.97 Å². The Morgan fingerprint density at radius 3 is 2.27 bits per heavy atom. The normalized spacial score (nSPS) is 11.2. The summed E-state index contributed by atoms with van der Waals surface area (Å²) in [6.07, 6.45) is 0. The van der Waals surface area contributed by atoms with Gasteiger partial charge in [0, 0.05) is 6.07 Å². The number of ether oxygens (including phenoxy) is 2. The highest BCUT2D eigenvalue weighted by atomic mass is 35.5. The van der Waals surface area contributed by atoms with Crippen molar-refractivity contribution in [1.82, 2.24) is 0 Å². The van der Waals surface area contributed by atoms with Gasteiger partial charge in [-0.1, -0.05) is 71.2 Å². The van der Waals surface area contributed by atoms with E-state index in [0.717, 1.165) is 15.4 Å². The van der Waals surface area contributed by atoms with E-state index >= 15 is 0 Å². The largest absolute Gasteiger partial charge is 0.487 e. The minimum absolute atomic E-state index is 0.00942. The number of carbonyl (C=O) groups excluding carboxylic acids is 1. The first-order chi connectivity index (χ1) is 15.7. The number of rotatable bonds is 9. The van der Waals surface area contributed by atoms with Crippen molar-refractivity contribution < 1.29 is 22.7 Å². The lowest BCUT2D eigenvalue weighted by Crippen LogP contribution is -2.36. The number of halogens is 2. The molecule has 33 heavy (non-hydrogen) atoms. The molecule has 0 aliphatic rings. The number of benzene rings is 3. The van der Waals surface area contributed by atoms with E-state index in [2.05, 4.69) is 0 Å². The van der Waals surface area contributed by atoms with Crippen LogP contribution in [0.25, 0.3) is 0 Å². The lowest BCUT2D eigenvalue weighted by Gasteiger charge is -2.25. The maximum absolute atomic E-state index is 13.5. The molecule has 0 aromatic heterocycles. The third-order valence-corrected chi connectivity index (χ3v) is 7.07. The number of carbonyl (C=O) groups is 1. The van der Waals surface area contributed by atoms with Gasteiger partial charge in [-0.3, -0.25) is 9.10 Å². The summed E-state index contributed by atoms with van der Waals surface area (Å²) in [5.41, 5.74) is 1.85. The van der Waals surface area contributed by atoms with Crippen LogP contribution in [0, 0.1) is 6.92 Å². The maximum Gasteiger partial charge on any atom is 0.326 e. The van der Waals surface area contributed by atoms with E-state index in [1.54, 1.807) is 19.1 Å². The predicted octanol–water partition coefficient (Wildman–Crippen LogP) is 5.64. The Morgan fingerprint density at radius 1 is 0.970 bits per heavy atom. The summed E-state index contributed by atoms with van der Waals surface area (Å²) in [6.45, 7) is 3.24. The molecule has 0 N–H and O–H groups in total. The summed E-state index contributed by atoms with van der Waals surface area (Å²) in [5.74, 6) is -0.487. The van der Waals surface area contributed by atoms with Crippen LogP contribution in [0.15, 0.2) is 71.6 Å². The smallest absolute Gasteiger partial charge is 0.326 e. The van der Waals surface area contributed by atoms with Gasteiger partial charge in [-0.25, -0.2) is 8.42 Å². The van der Waals surface area contributed by atoms with E-state index in [0.29, 0.717) is 0 Å². The SMILES string of the molecule is CCOC(=O)CN(c1cc(OCc2ccccc2)c(Cl)cc1Cl)S(=O)(=O)c1ccc(C)cc1. The van der Waals surface area contributed by atoms with Gasteiger partial charge < -0.3 is 9.47 Å². The van der Waals surface area contributed by atoms with Crippen molar-refractivity contribution in [3.8, 4) is 5.75 Å². The van der Waals surface area contributed by atoms with Crippen molar-refractivity contribution in [2.24, 2.45) is 0 Å². The lowest BCUT2D eigenvalue weighted by molar-refractivity contribution is -0.141. The van der Waals surface area contributed by atoms with Gasteiger partial charge in [-0.05, 0) is 37.6 Å². The molecule has 0 heterocycles. The molecule has 9 heteroatoms. The van der Waals surface area contributed by atoms with Gasteiger partial charge in [0.15, 0.2) is 0 Å². The molecule has 6 nitrogen and oxygen atoms in total. The van der Waals surface area contributed by atoms with Crippen LogP contribution in [-0.4, -0.2) is 27.5 Å². The average molecular weight is 508 g/mol. The van der Waals surface area contributed by atoms with Crippen molar-refractivity contribution in [3.63, 3.8) is 0 Å². The first-order valence-electron chi connectivity index (χ1n) is 10.1. The van der Waals surface area contributed by atoms with E-state index in [1.165, 1.54) is 24.3 Å². The Hall–Kier alpha value is -2.74. The summed E-state index contributed by atoms with van der Waals surface area (Å²) < 4.78 is 38.7. The van der Waals surface area contributed by atoms with Crippen LogP contribution in [0.1, 0.15) is 18.1 Å². The molecule has 0 amide bonds. The van der Waals surface area contributed by atoms with Gasteiger partial charge in [0.25, 0.3) is 10.0 Å². The quantitative estimate of drug-likeness (QED) is 0.350. The molecule has 0 unspecified atom stereocenters. The first-order valence-corrected chi connectivity index (χ1v) is 12.3. The second-order valence-electron chi connectivity index (χ2n) is 7.14. The van der Waals surface area contributed by atoms with Crippen molar-refractivity contribution in [3.05, 3.63) is 87.9 Å². The maximum atomic E-state index is 13.5. The van der Waals surface area contributed by atoms with Crippen molar-refractivity contribution in [1.29, 1.82) is 0 Å². The van der Waals surface area contributed by atoms with Crippen LogP contribution in [0.4, 0.5) is 5.69 Å². The predicted molar refractivity (Wildman–Crippen MR) is 130 cm³/mol. The van der Waals surface area contributed by atoms with Gasteiger partial charge in [-0.2, -0.15) is 0 Å². The molecule has 174 valence electrons. The molecule has 0 saturated heterocycles. The van der Waals surface area contributed by atoms with Crippen LogP contribution in [-0.2, 0) is 26.2 Å². The first kappa shape index (κ1) is 24.9. The molecule has 0 atom stereocenters. The van der Waals surface area contributed by atoms with E-state index < -0.39 is 22.5 Å².